The Kier molecular flexibility index (Phi) is 5.00. The van der Waals surface area contributed by atoms with Crippen molar-refractivity contribution in [3.63, 3.8) is 0 Å². The van der Waals surface area contributed by atoms with Gasteiger partial charge in [-0.15, -0.1) is 0 Å². The summed E-state index contributed by atoms with van der Waals surface area (Å²) < 4.78 is 45.2. The van der Waals surface area contributed by atoms with E-state index in [1.165, 1.54) is 0 Å². The fourth-order valence-electron chi connectivity index (χ4n) is 3.10. The Morgan fingerprint density at radius 3 is 2.30 bits per heavy atom. The lowest BCUT2D eigenvalue weighted by atomic mass is 9.93. The Balaban J connectivity index is 1.82. The van der Waals surface area contributed by atoms with E-state index < -0.39 is 11.3 Å². The van der Waals surface area contributed by atoms with Gasteiger partial charge in [0.2, 0.25) is 0 Å². The van der Waals surface area contributed by atoms with Crippen LogP contribution in [0.4, 0.5) is 13.2 Å². The molecule has 20 heavy (non-hydrogen) atoms. The van der Waals surface area contributed by atoms with Gasteiger partial charge in [0, 0.05) is 13.0 Å². The third-order valence-corrected chi connectivity index (χ3v) is 4.66. The van der Waals surface area contributed by atoms with Gasteiger partial charge in [-0.05, 0) is 52.1 Å². The molecule has 2 fully saturated rings. The first-order valence-corrected chi connectivity index (χ1v) is 7.66. The Bertz CT molecular complexity index is 316. The van der Waals surface area contributed by atoms with Crippen LogP contribution in [0.3, 0.4) is 0 Å². The zero-order valence-electron chi connectivity index (χ0n) is 12.5. The Hall–Kier alpha value is -0.290. The molecule has 0 spiro atoms. The lowest BCUT2D eigenvalue weighted by molar-refractivity contribution is -0.0285. The average molecular weight is 293 g/mol. The van der Waals surface area contributed by atoms with Crippen molar-refractivity contribution in [2.75, 3.05) is 32.9 Å². The molecule has 1 heterocycles. The fourth-order valence-corrected chi connectivity index (χ4v) is 3.10. The summed E-state index contributed by atoms with van der Waals surface area (Å²) in [7, 11) is 0. The van der Waals surface area contributed by atoms with Gasteiger partial charge in [-0.1, -0.05) is 0 Å². The predicted octanol–water partition coefficient (Wildman–Crippen LogP) is 3.51. The standard InChI is InChI=1S/C15H26F3NO/c1-12(2)20-11-14(9-15(14,17)18)10-19-7-4-13(3-6-16)5-8-19/h12-13H,3-11H2,1-2H3. The maximum absolute atomic E-state index is 13.7. The zero-order chi connectivity index (χ0) is 14.8. The second-order valence-electron chi connectivity index (χ2n) is 6.72. The number of ether oxygens (including phenoxy) is 1. The first-order chi connectivity index (χ1) is 9.38. The molecule has 2 rings (SSSR count). The van der Waals surface area contributed by atoms with Crippen LogP contribution in [0.15, 0.2) is 0 Å². The lowest BCUT2D eigenvalue weighted by Gasteiger charge is -2.34. The molecule has 0 bridgehead atoms. The van der Waals surface area contributed by atoms with Crippen LogP contribution in [0.5, 0.6) is 0 Å². The molecule has 0 aromatic carbocycles. The summed E-state index contributed by atoms with van der Waals surface area (Å²) in [5.74, 6) is -2.16. The maximum Gasteiger partial charge on any atom is 0.258 e. The van der Waals surface area contributed by atoms with E-state index in [0.717, 1.165) is 25.9 Å². The van der Waals surface area contributed by atoms with Gasteiger partial charge in [0.25, 0.3) is 5.92 Å². The molecule has 1 aliphatic heterocycles. The molecule has 0 radical (unpaired) electrons. The molecular formula is C15H26F3NO. The van der Waals surface area contributed by atoms with Crippen LogP contribution >= 0.6 is 0 Å². The number of likely N-dealkylation sites (tertiary alicyclic amines) is 1. The molecule has 1 atom stereocenters. The van der Waals surface area contributed by atoms with Gasteiger partial charge in [0.15, 0.2) is 0 Å². The first kappa shape index (κ1) is 16.1. The molecule has 0 N–H and O–H groups in total. The maximum atomic E-state index is 13.7. The summed E-state index contributed by atoms with van der Waals surface area (Å²) in [5, 5.41) is 0. The molecule has 1 saturated heterocycles. The van der Waals surface area contributed by atoms with Crippen LogP contribution in [-0.2, 0) is 4.74 Å². The number of nitrogens with zero attached hydrogens (tertiary/aromatic N) is 1. The van der Waals surface area contributed by atoms with Crippen molar-refractivity contribution in [3.05, 3.63) is 0 Å². The number of hydrogen-bond donors (Lipinski definition) is 0. The number of halogens is 3. The molecule has 0 amide bonds. The number of hydrogen-bond acceptors (Lipinski definition) is 2. The molecule has 1 unspecified atom stereocenters. The van der Waals surface area contributed by atoms with Crippen molar-refractivity contribution in [2.24, 2.45) is 11.3 Å². The molecule has 1 saturated carbocycles. The average Bonchev–Trinajstić information content (AvgIpc) is 2.92. The molecule has 1 aliphatic carbocycles. The zero-order valence-corrected chi connectivity index (χ0v) is 12.5. The lowest BCUT2D eigenvalue weighted by Crippen LogP contribution is -2.41. The largest absolute Gasteiger partial charge is 0.378 e. The number of rotatable bonds is 7. The van der Waals surface area contributed by atoms with Gasteiger partial charge in [0.05, 0.1) is 24.8 Å². The van der Waals surface area contributed by atoms with Gasteiger partial charge < -0.3 is 9.64 Å². The highest BCUT2D eigenvalue weighted by atomic mass is 19.3. The van der Waals surface area contributed by atoms with Gasteiger partial charge >= 0.3 is 0 Å². The van der Waals surface area contributed by atoms with Crippen molar-refractivity contribution in [3.8, 4) is 0 Å². The Morgan fingerprint density at radius 2 is 1.85 bits per heavy atom. The molecule has 118 valence electrons. The van der Waals surface area contributed by atoms with Gasteiger partial charge in [-0.25, -0.2) is 8.78 Å². The minimum atomic E-state index is -2.59. The summed E-state index contributed by atoms with van der Waals surface area (Å²) in [5.41, 5.74) is -0.982. The summed E-state index contributed by atoms with van der Waals surface area (Å²) in [6.45, 7) is 5.65. The summed E-state index contributed by atoms with van der Waals surface area (Å²) in [6.07, 6.45) is 2.40. The van der Waals surface area contributed by atoms with Gasteiger partial charge in [0.1, 0.15) is 0 Å². The van der Waals surface area contributed by atoms with Gasteiger partial charge in [-0.3, -0.25) is 4.39 Å². The quantitative estimate of drug-likeness (QED) is 0.712. The van der Waals surface area contributed by atoms with E-state index >= 15 is 0 Å². The van der Waals surface area contributed by atoms with Crippen molar-refractivity contribution < 1.29 is 17.9 Å². The Morgan fingerprint density at radius 1 is 1.25 bits per heavy atom. The van der Waals surface area contributed by atoms with E-state index in [1.54, 1.807) is 0 Å². The van der Waals surface area contributed by atoms with Crippen LogP contribution < -0.4 is 0 Å². The minimum absolute atomic E-state index is 0.0152. The van der Waals surface area contributed by atoms with Crippen LogP contribution in [0.1, 0.15) is 39.5 Å². The van der Waals surface area contributed by atoms with Crippen molar-refractivity contribution in [1.82, 2.24) is 4.90 Å². The topological polar surface area (TPSA) is 12.5 Å². The highest BCUT2D eigenvalue weighted by Crippen LogP contribution is 2.61. The molecular weight excluding hydrogens is 267 g/mol. The van der Waals surface area contributed by atoms with E-state index in [9.17, 15) is 13.2 Å². The molecule has 5 heteroatoms. The van der Waals surface area contributed by atoms with Crippen molar-refractivity contribution in [2.45, 2.75) is 51.6 Å². The van der Waals surface area contributed by atoms with Crippen LogP contribution in [0, 0.1) is 11.3 Å². The smallest absolute Gasteiger partial charge is 0.258 e. The van der Waals surface area contributed by atoms with E-state index in [4.69, 9.17) is 4.74 Å². The summed E-state index contributed by atoms with van der Waals surface area (Å²) in [4.78, 5) is 2.11. The normalized spacial score (nSPS) is 30.9. The Labute approximate surface area is 119 Å². The second kappa shape index (κ2) is 6.22. The second-order valence-corrected chi connectivity index (χ2v) is 6.72. The number of alkyl halides is 3. The SMILES string of the molecule is CC(C)OCC1(CN2CCC(CCF)CC2)CC1(F)F. The third-order valence-electron chi connectivity index (χ3n) is 4.66. The predicted molar refractivity (Wildman–Crippen MR) is 72.8 cm³/mol. The van der Waals surface area contributed by atoms with E-state index in [0.29, 0.717) is 18.9 Å². The van der Waals surface area contributed by atoms with E-state index in [2.05, 4.69) is 4.90 Å². The highest BCUT2D eigenvalue weighted by molar-refractivity contribution is 5.12. The fraction of sp³-hybridized carbons (Fsp3) is 1.00. The minimum Gasteiger partial charge on any atom is -0.378 e. The molecule has 0 aromatic heterocycles. The first-order valence-electron chi connectivity index (χ1n) is 7.66. The van der Waals surface area contributed by atoms with Crippen LogP contribution in [-0.4, -0.2) is 49.8 Å². The van der Waals surface area contributed by atoms with Crippen LogP contribution in [0.25, 0.3) is 0 Å². The summed E-state index contributed by atoms with van der Waals surface area (Å²) in [6, 6.07) is 0. The van der Waals surface area contributed by atoms with E-state index in [1.807, 2.05) is 13.8 Å². The summed E-state index contributed by atoms with van der Waals surface area (Å²) >= 11 is 0. The molecule has 2 nitrogen and oxygen atoms in total. The van der Waals surface area contributed by atoms with Crippen molar-refractivity contribution in [1.29, 1.82) is 0 Å². The van der Waals surface area contributed by atoms with Crippen LogP contribution in [0.2, 0.25) is 0 Å². The number of piperidine rings is 1. The van der Waals surface area contributed by atoms with E-state index in [-0.39, 0.29) is 25.8 Å². The molecule has 0 aromatic rings. The molecule has 2 aliphatic rings. The third kappa shape index (κ3) is 3.67. The van der Waals surface area contributed by atoms with Gasteiger partial charge in [-0.2, -0.15) is 0 Å². The monoisotopic (exact) mass is 293 g/mol. The van der Waals surface area contributed by atoms with Crippen molar-refractivity contribution >= 4 is 0 Å². The highest BCUT2D eigenvalue weighted by Gasteiger charge is 2.71.